The van der Waals surface area contributed by atoms with E-state index >= 15 is 0 Å². The molecule has 2 aliphatic heterocycles. The number of benzene rings is 3. The number of anilines is 3. The lowest BCUT2D eigenvalue weighted by molar-refractivity contribution is -0.141. The van der Waals surface area contributed by atoms with Crippen LogP contribution in [0.2, 0.25) is 5.02 Å². The predicted molar refractivity (Wildman–Crippen MR) is 154 cm³/mol. The molecule has 43 heavy (non-hydrogen) atoms. The lowest BCUT2D eigenvalue weighted by Gasteiger charge is -2.36. The summed E-state index contributed by atoms with van der Waals surface area (Å²) in [6.45, 7) is 0.778. The van der Waals surface area contributed by atoms with Crippen molar-refractivity contribution in [1.82, 2.24) is 0 Å². The van der Waals surface area contributed by atoms with Gasteiger partial charge in [-0.2, -0.15) is 13.2 Å². The van der Waals surface area contributed by atoms with Crippen LogP contribution in [-0.2, 0) is 25.7 Å². The van der Waals surface area contributed by atoms with Gasteiger partial charge in [-0.25, -0.2) is 12.8 Å². The van der Waals surface area contributed by atoms with Crippen molar-refractivity contribution in [3.63, 3.8) is 0 Å². The summed E-state index contributed by atoms with van der Waals surface area (Å²) in [6, 6.07) is 12.7. The van der Waals surface area contributed by atoms with Gasteiger partial charge in [-0.1, -0.05) is 23.7 Å². The predicted octanol–water partition coefficient (Wildman–Crippen LogP) is 6.10. The molecule has 0 radical (unpaired) electrons. The molecule has 0 amide bonds. The number of alkyl halides is 3. The molecule has 1 N–H and O–H groups in total. The van der Waals surface area contributed by atoms with E-state index < -0.39 is 44.5 Å². The molecule has 14 heteroatoms. The van der Waals surface area contributed by atoms with E-state index in [1.165, 1.54) is 19.2 Å². The normalized spacial score (nSPS) is 18.7. The van der Waals surface area contributed by atoms with Crippen LogP contribution in [0.3, 0.4) is 0 Å². The molecule has 1 unspecified atom stereocenters. The molecule has 3 aromatic rings. The van der Waals surface area contributed by atoms with Crippen LogP contribution in [0.5, 0.6) is 5.75 Å². The summed E-state index contributed by atoms with van der Waals surface area (Å²) in [5.74, 6) is -0.785. The number of rotatable bonds is 8. The molecule has 230 valence electrons. The number of ether oxygens (including phenoxy) is 2. The number of fused-ring (bicyclic) bond motifs is 1. The SMILES string of the molecule is COC(=O)CC[C@H]1CN(S(=O)(=O)c2cccc(C(F)(F)F)c2)c2cc(N3CCC(Nc4c(F)cccc4Cl)C3)ccc2O1. The van der Waals surface area contributed by atoms with Crippen molar-refractivity contribution >= 4 is 44.7 Å². The highest BCUT2D eigenvalue weighted by Gasteiger charge is 2.38. The number of carbonyl (C=O) groups excluding carboxylic acids is 1. The molecular formula is C29H28ClF4N3O5S. The molecular weight excluding hydrogens is 614 g/mol. The number of methoxy groups -OCH3 is 1. The fraction of sp³-hybridized carbons (Fsp3) is 0.345. The monoisotopic (exact) mass is 641 g/mol. The minimum absolute atomic E-state index is 0.0414. The van der Waals surface area contributed by atoms with Crippen molar-refractivity contribution in [1.29, 1.82) is 0 Å². The Morgan fingerprint density at radius 2 is 1.88 bits per heavy atom. The van der Waals surface area contributed by atoms with Gasteiger partial charge in [-0.3, -0.25) is 9.10 Å². The topological polar surface area (TPSA) is 88.2 Å². The highest BCUT2D eigenvalue weighted by molar-refractivity contribution is 7.92. The van der Waals surface area contributed by atoms with Gasteiger partial charge in [-0.05, 0) is 61.4 Å². The van der Waals surface area contributed by atoms with Gasteiger partial charge in [0.25, 0.3) is 10.0 Å². The molecule has 2 heterocycles. The van der Waals surface area contributed by atoms with Crippen LogP contribution in [-0.4, -0.2) is 53.3 Å². The van der Waals surface area contributed by atoms with E-state index in [0.717, 1.165) is 22.5 Å². The molecule has 1 saturated heterocycles. The molecule has 0 aromatic heterocycles. The number of hydrogen-bond donors (Lipinski definition) is 1. The number of sulfonamides is 1. The van der Waals surface area contributed by atoms with Gasteiger partial charge in [0.2, 0.25) is 0 Å². The van der Waals surface area contributed by atoms with Crippen molar-refractivity contribution in [2.24, 2.45) is 0 Å². The van der Waals surface area contributed by atoms with Crippen LogP contribution in [0.1, 0.15) is 24.8 Å². The summed E-state index contributed by atoms with van der Waals surface area (Å²) >= 11 is 6.16. The van der Waals surface area contributed by atoms with Gasteiger partial charge >= 0.3 is 12.1 Å². The van der Waals surface area contributed by atoms with Crippen molar-refractivity contribution < 1.29 is 40.2 Å². The first kappa shape index (κ1) is 30.7. The molecule has 2 atom stereocenters. The van der Waals surface area contributed by atoms with Crippen LogP contribution in [0, 0.1) is 5.82 Å². The van der Waals surface area contributed by atoms with Crippen molar-refractivity contribution in [3.05, 3.63) is 77.1 Å². The number of halogens is 5. The summed E-state index contributed by atoms with van der Waals surface area (Å²) in [6.07, 6.45) is -4.78. The van der Waals surface area contributed by atoms with Gasteiger partial charge in [-0.15, -0.1) is 0 Å². The lowest BCUT2D eigenvalue weighted by atomic mass is 10.1. The Labute approximate surface area is 251 Å². The quantitative estimate of drug-likeness (QED) is 0.235. The summed E-state index contributed by atoms with van der Waals surface area (Å²) in [5.41, 5.74) is -0.101. The minimum Gasteiger partial charge on any atom is -0.486 e. The van der Waals surface area contributed by atoms with E-state index in [-0.39, 0.29) is 47.6 Å². The van der Waals surface area contributed by atoms with Gasteiger partial charge in [0.05, 0.1) is 40.5 Å². The second kappa shape index (κ2) is 12.1. The third-order valence-corrected chi connectivity index (χ3v) is 9.48. The molecule has 0 saturated carbocycles. The van der Waals surface area contributed by atoms with E-state index in [9.17, 15) is 30.8 Å². The molecule has 2 aliphatic rings. The second-order valence-corrected chi connectivity index (χ2v) is 12.5. The number of hydrogen-bond acceptors (Lipinski definition) is 7. The number of para-hydroxylation sites is 1. The Balaban J connectivity index is 1.45. The Morgan fingerprint density at radius 3 is 2.60 bits per heavy atom. The molecule has 0 spiro atoms. The zero-order valence-corrected chi connectivity index (χ0v) is 24.5. The Hall–Kier alpha value is -3.71. The molecule has 3 aromatic carbocycles. The second-order valence-electron chi connectivity index (χ2n) is 10.2. The van der Waals surface area contributed by atoms with Crippen molar-refractivity contribution in [2.75, 3.05) is 41.3 Å². The number of nitrogens with zero attached hydrogens (tertiary/aromatic N) is 2. The highest BCUT2D eigenvalue weighted by atomic mass is 35.5. The van der Waals surface area contributed by atoms with Gasteiger partial charge in [0.15, 0.2) is 0 Å². The first-order valence-electron chi connectivity index (χ1n) is 13.4. The first-order valence-corrected chi connectivity index (χ1v) is 15.2. The summed E-state index contributed by atoms with van der Waals surface area (Å²) in [4.78, 5) is 13.2. The van der Waals surface area contributed by atoms with Crippen molar-refractivity contribution in [2.45, 2.75) is 42.5 Å². The van der Waals surface area contributed by atoms with E-state index in [1.54, 1.807) is 24.3 Å². The van der Waals surface area contributed by atoms with Gasteiger partial charge < -0.3 is 19.7 Å². The average Bonchev–Trinajstić information content (AvgIpc) is 3.45. The standard InChI is InChI=1S/C29H28ClF4N3O5S/c1-41-27(38)11-9-21-17-37(43(39,40)22-5-2-4-18(14-22)29(32,33)34)25-15-20(8-10-26(25)42-21)36-13-12-19(16-36)35-28-23(30)6-3-7-24(28)31/h2-8,10,14-15,19,21,35H,9,11-13,16-17H2,1H3/t19?,21-/m0/s1. The third-order valence-electron chi connectivity index (χ3n) is 7.39. The fourth-order valence-electron chi connectivity index (χ4n) is 5.17. The lowest BCUT2D eigenvalue weighted by Crippen LogP contribution is -2.44. The van der Waals surface area contributed by atoms with Crippen LogP contribution in [0.4, 0.5) is 34.6 Å². The largest absolute Gasteiger partial charge is 0.486 e. The van der Waals surface area contributed by atoms with Crippen LogP contribution in [0.25, 0.3) is 0 Å². The van der Waals surface area contributed by atoms with E-state index in [2.05, 4.69) is 10.1 Å². The zero-order valence-electron chi connectivity index (χ0n) is 22.9. The molecule has 1 fully saturated rings. The maximum atomic E-state index is 14.3. The van der Waals surface area contributed by atoms with E-state index in [4.69, 9.17) is 16.3 Å². The number of nitrogens with one attached hydrogen (secondary N) is 1. The molecule has 0 bridgehead atoms. The van der Waals surface area contributed by atoms with Crippen LogP contribution in [0.15, 0.2) is 65.6 Å². The maximum absolute atomic E-state index is 14.3. The minimum atomic E-state index is -4.74. The third kappa shape index (κ3) is 6.62. The first-order chi connectivity index (χ1) is 20.4. The summed E-state index contributed by atoms with van der Waals surface area (Å²) in [7, 11) is -3.26. The average molecular weight is 642 g/mol. The van der Waals surface area contributed by atoms with Gasteiger partial charge in [0.1, 0.15) is 17.7 Å². The fourth-order valence-corrected chi connectivity index (χ4v) is 6.93. The van der Waals surface area contributed by atoms with Gasteiger partial charge in [0, 0.05) is 31.2 Å². The number of esters is 1. The Morgan fingerprint density at radius 1 is 1.12 bits per heavy atom. The molecule has 5 rings (SSSR count). The van der Waals surface area contributed by atoms with Crippen molar-refractivity contribution in [3.8, 4) is 5.75 Å². The van der Waals surface area contributed by atoms with E-state index in [1.807, 2.05) is 4.90 Å². The molecule has 0 aliphatic carbocycles. The molecule has 8 nitrogen and oxygen atoms in total. The highest BCUT2D eigenvalue weighted by Crippen LogP contribution is 2.42. The van der Waals surface area contributed by atoms with Crippen LogP contribution < -0.4 is 19.3 Å². The van der Waals surface area contributed by atoms with E-state index in [0.29, 0.717) is 31.3 Å². The Bertz CT molecular complexity index is 1600. The maximum Gasteiger partial charge on any atom is 0.416 e. The zero-order chi connectivity index (χ0) is 30.9. The number of carbonyl (C=O) groups is 1. The summed E-state index contributed by atoms with van der Waals surface area (Å²) < 4.78 is 94.1. The Kier molecular flexibility index (Phi) is 8.66. The summed E-state index contributed by atoms with van der Waals surface area (Å²) in [5, 5.41) is 3.39. The van der Waals surface area contributed by atoms with Crippen LogP contribution >= 0.6 is 11.6 Å². The smallest absolute Gasteiger partial charge is 0.416 e.